The largest absolute Gasteiger partial charge is 0.367 e. The first-order chi connectivity index (χ1) is 9.24. The van der Waals surface area contributed by atoms with E-state index in [4.69, 9.17) is 0 Å². The molecule has 2 heterocycles. The molecule has 3 nitrogen and oxygen atoms in total. The van der Waals surface area contributed by atoms with Crippen LogP contribution in [0.2, 0.25) is 0 Å². The minimum Gasteiger partial charge on any atom is -0.367 e. The Morgan fingerprint density at radius 3 is 2.95 bits per heavy atom. The maximum Gasteiger partial charge on any atom is 0.130 e. The van der Waals surface area contributed by atoms with Gasteiger partial charge in [0.05, 0.1) is 0 Å². The van der Waals surface area contributed by atoms with Crippen LogP contribution >= 0.6 is 0 Å². The molecule has 0 radical (unpaired) electrons. The van der Waals surface area contributed by atoms with E-state index in [1.807, 2.05) is 6.20 Å². The lowest BCUT2D eigenvalue weighted by atomic mass is 10.0. The molecule has 1 aliphatic heterocycles. The van der Waals surface area contributed by atoms with Crippen LogP contribution in [-0.4, -0.2) is 29.0 Å². The molecule has 1 saturated carbocycles. The van der Waals surface area contributed by atoms with Crippen molar-refractivity contribution in [2.45, 2.75) is 51.6 Å². The van der Waals surface area contributed by atoms with Crippen molar-refractivity contribution in [2.75, 3.05) is 18.4 Å². The van der Waals surface area contributed by atoms with Crippen LogP contribution < -0.4 is 5.32 Å². The first kappa shape index (κ1) is 12.9. The van der Waals surface area contributed by atoms with Crippen molar-refractivity contribution >= 4 is 5.82 Å². The molecular weight excluding hydrogens is 234 g/mol. The summed E-state index contributed by atoms with van der Waals surface area (Å²) in [5.74, 6) is 1.86. The summed E-state index contributed by atoms with van der Waals surface area (Å²) in [6, 6.07) is 5.59. The van der Waals surface area contributed by atoms with E-state index in [1.165, 1.54) is 44.3 Å². The number of hydrogen-bond donors (Lipinski definition) is 1. The lowest BCUT2D eigenvalue weighted by Crippen LogP contribution is -2.28. The van der Waals surface area contributed by atoms with Gasteiger partial charge < -0.3 is 5.32 Å². The topological polar surface area (TPSA) is 28.2 Å². The Kier molecular flexibility index (Phi) is 3.74. The van der Waals surface area contributed by atoms with Crippen molar-refractivity contribution in [1.82, 2.24) is 9.88 Å². The standard InChI is InChI=1S/C16H25N3/c1-12(2)11-19-10-4-6-15(19)14-5-3-9-17-16(14)18-13-7-8-13/h3,5,9,12-13,15H,4,6-8,10-11H2,1-2H3,(H,17,18). The Hall–Kier alpha value is -1.09. The second kappa shape index (κ2) is 5.49. The minimum atomic E-state index is 0.567. The number of aromatic nitrogens is 1. The normalized spacial score (nSPS) is 24.1. The fourth-order valence-electron chi connectivity index (χ4n) is 3.09. The van der Waals surface area contributed by atoms with E-state index >= 15 is 0 Å². The maximum absolute atomic E-state index is 4.58. The van der Waals surface area contributed by atoms with Gasteiger partial charge in [-0.25, -0.2) is 4.98 Å². The lowest BCUT2D eigenvalue weighted by Gasteiger charge is -2.27. The molecule has 2 fully saturated rings. The Bertz CT molecular complexity index is 426. The predicted octanol–water partition coefficient (Wildman–Crippen LogP) is 3.45. The van der Waals surface area contributed by atoms with Crippen LogP contribution in [0, 0.1) is 5.92 Å². The molecule has 1 saturated heterocycles. The van der Waals surface area contributed by atoms with E-state index < -0.39 is 0 Å². The summed E-state index contributed by atoms with van der Waals surface area (Å²) >= 11 is 0. The zero-order valence-electron chi connectivity index (χ0n) is 12.1. The van der Waals surface area contributed by atoms with Crippen LogP contribution in [0.5, 0.6) is 0 Å². The highest BCUT2D eigenvalue weighted by Gasteiger charge is 2.30. The Morgan fingerprint density at radius 1 is 1.37 bits per heavy atom. The van der Waals surface area contributed by atoms with Crippen LogP contribution in [0.4, 0.5) is 5.82 Å². The third-order valence-electron chi connectivity index (χ3n) is 4.08. The van der Waals surface area contributed by atoms with Gasteiger partial charge in [0, 0.05) is 30.4 Å². The summed E-state index contributed by atoms with van der Waals surface area (Å²) in [6.45, 7) is 7.05. The Morgan fingerprint density at radius 2 is 2.21 bits per heavy atom. The van der Waals surface area contributed by atoms with Crippen molar-refractivity contribution < 1.29 is 0 Å². The number of hydrogen-bond acceptors (Lipinski definition) is 3. The summed E-state index contributed by atoms with van der Waals surface area (Å²) in [7, 11) is 0. The fraction of sp³-hybridized carbons (Fsp3) is 0.688. The van der Waals surface area contributed by atoms with E-state index in [9.17, 15) is 0 Å². The molecule has 0 spiro atoms. The SMILES string of the molecule is CC(C)CN1CCCC1c1cccnc1NC1CC1. The first-order valence-corrected chi connectivity index (χ1v) is 7.69. The van der Waals surface area contributed by atoms with Crippen LogP contribution in [0.15, 0.2) is 18.3 Å². The number of rotatable bonds is 5. The van der Waals surface area contributed by atoms with Crippen molar-refractivity contribution in [3.8, 4) is 0 Å². The van der Waals surface area contributed by atoms with E-state index in [0.717, 1.165) is 11.7 Å². The highest BCUT2D eigenvalue weighted by Crippen LogP contribution is 2.36. The monoisotopic (exact) mass is 259 g/mol. The number of pyridine rings is 1. The van der Waals surface area contributed by atoms with Gasteiger partial charge in [-0.3, -0.25) is 4.90 Å². The van der Waals surface area contributed by atoms with Crippen molar-refractivity contribution in [3.63, 3.8) is 0 Å². The average Bonchev–Trinajstić information content (AvgIpc) is 3.08. The second-order valence-corrected chi connectivity index (χ2v) is 6.41. The molecule has 0 bridgehead atoms. The molecule has 1 atom stereocenters. The zero-order chi connectivity index (χ0) is 13.2. The van der Waals surface area contributed by atoms with Gasteiger partial charge in [0.25, 0.3) is 0 Å². The van der Waals surface area contributed by atoms with Crippen LogP contribution in [0.25, 0.3) is 0 Å². The third-order valence-corrected chi connectivity index (χ3v) is 4.08. The molecule has 104 valence electrons. The second-order valence-electron chi connectivity index (χ2n) is 6.41. The van der Waals surface area contributed by atoms with Crippen molar-refractivity contribution in [2.24, 2.45) is 5.92 Å². The van der Waals surface area contributed by atoms with E-state index in [1.54, 1.807) is 0 Å². The van der Waals surface area contributed by atoms with Gasteiger partial charge in [-0.05, 0) is 44.2 Å². The van der Waals surface area contributed by atoms with Gasteiger partial charge in [-0.15, -0.1) is 0 Å². The smallest absolute Gasteiger partial charge is 0.130 e. The number of nitrogens with one attached hydrogen (secondary N) is 1. The van der Waals surface area contributed by atoms with Crippen molar-refractivity contribution in [3.05, 3.63) is 23.9 Å². The Balaban J connectivity index is 1.79. The molecule has 1 N–H and O–H groups in total. The summed E-state index contributed by atoms with van der Waals surface area (Å²) in [5.41, 5.74) is 1.41. The molecule has 1 aliphatic carbocycles. The van der Waals surface area contributed by atoms with Gasteiger partial charge in [-0.2, -0.15) is 0 Å². The highest BCUT2D eigenvalue weighted by atomic mass is 15.2. The maximum atomic E-state index is 4.58. The molecule has 1 aromatic rings. The van der Waals surface area contributed by atoms with E-state index in [2.05, 4.69) is 41.2 Å². The fourth-order valence-corrected chi connectivity index (χ4v) is 3.09. The molecule has 19 heavy (non-hydrogen) atoms. The van der Waals surface area contributed by atoms with E-state index in [-0.39, 0.29) is 0 Å². The summed E-state index contributed by atoms with van der Waals surface area (Å²) < 4.78 is 0. The molecule has 0 aromatic carbocycles. The molecule has 3 heteroatoms. The third kappa shape index (κ3) is 3.08. The molecular formula is C16H25N3. The van der Waals surface area contributed by atoms with Gasteiger partial charge in [0.15, 0.2) is 0 Å². The van der Waals surface area contributed by atoms with E-state index in [0.29, 0.717) is 12.1 Å². The molecule has 1 unspecified atom stereocenters. The lowest BCUT2D eigenvalue weighted by molar-refractivity contribution is 0.229. The van der Waals surface area contributed by atoms with Gasteiger partial charge in [0.1, 0.15) is 5.82 Å². The minimum absolute atomic E-state index is 0.567. The van der Waals surface area contributed by atoms with Crippen LogP contribution in [-0.2, 0) is 0 Å². The zero-order valence-corrected chi connectivity index (χ0v) is 12.1. The van der Waals surface area contributed by atoms with Crippen LogP contribution in [0.1, 0.15) is 51.1 Å². The van der Waals surface area contributed by atoms with Crippen LogP contribution in [0.3, 0.4) is 0 Å². The molecule has 0 amide bonds. The number of anilines is 1. The summed E-state index contributed by atoms with van der Waals surface area (Å²) in [6.07, 6.45) is 7.11. The predicted molar refractivity (Wildman–Crippen MR) is 79.3 cm³/mol. The van der Waals surface area contributed by atoms with Gasteiger partial charge in [-0.1, -0.05) is 19.9 Å². The highest BCUT2D eigenvalue weighted by molar-refractivity contribution is 5.47. The summed E-state index contributed by atoms with van der Waals surface area (Å²) in [4.78, 5) is 7.22. The molecule has 2 aliphatic rings. The van der Waals surface area contributed by atoms with Gasteiger partial charge >= 0.3 is 0 Å². The first-order valence-electron chi connectivity index (χ1n) is 7.69. The summed E-state index contributed by atoms with van der Waals surface area (Å²) in [5, 5.41) is 3.60. The molecule has 1 aromatic heterocycles. The Labute approximate surface area is 116 Å². The van der Waals surface area contributed by atoms with Crippen molar-refractivity contribution in [1.29, 1.82) is 0 Å². The number of nitrogens with zero attached hydrogens (tertiary/aromatic N) is 2. The quantitative estimate of drug-likeness (QED) is 0.878. The number of likely N-dealkylation sites (tertiary alicyclic amines) is 1. The molecule has 3 rings (SSSR count). The van der Waals surface area contributed by atoms with Gasteiger partial charge in [0.2, 0.25) is 0 Å². The average molecular weight is 259 g/mol.